The predicted molar refractivity (Wildman–Crippen MR) is 250 cm³/mol. The molecule has 0 bridgehead atoms. The molecule has 0 radical (unpaired) electrons. The molecule has 4 heterocycles. The minimum absolute atomic E-state index is 0.000231. The molecule has 2 saturated heterocycles. The number of hydrogen-bond donors (Lipinski definition) is 3. The molecule has 18 nitrogen and oxygen atoms in total. The van der Waals surface area contributed by atoms with Crippen LogP contribution >= 0.6 is 0 Å². The molecule has 0 unspecified atom stereocenters. The number of aromatic amines is 1. The number of benzene rings is 3. The molecule has 2 aromatic heterocycles. The van der Waals surface area contributed by atoms with Crippen LogP contribution in [0.25, 0.3) is 21.8 Å². The monoisotopic (exact) mass is 952 g/mol. The molecule has 2 aliphatic heterocycles. The maximum Gasteiger partial charge on any atom is 0.423 e. The highest BCUT2D eigenvalue weighted by Crippen LogP contribution is 2.34. The Morgan fingerprint density at radius 1 is 0.758 bits per heavy atom. The second kappa shape index (κ2) is 22.7. The number of piperidine rings is 2. The number of carbonyl (C=O) groups excluding carboxylic acids is 2. The van der Waals surface area contributed by atoms with Gasteiger partial charge in [-0.3, -0.25) is 0 Å². The number of fused-ring (bicyclic) bond motifs is 2. The zero-order chi connectivity index (χ0) is 47.4. The fourth-order valence-corrected chi connectivity index (χ4v) is 9.65. The summed E-state index contributed by atoms with van der Waals surface area (Å²) in [5.74, 6) is -0.0459. The fraction of sp³-hybridized carbons (Fsp3) is 0.457. The lowest BCUT2D eigenvalue weighted by Crippen LogP contribution is -2.44. The van der Waals surface area contributed by atoms with Crippen LogP contribution in [0.3, 0.4) is 0 Å². The largest absolute Gasteiger partial charge is 0.482 e. The molecule has 0 atom stereocenters. The number of ether oxygens (including phenoxy) is 4. The van der Waals surface area contributed by atoms with E-state index in [4.69, 9.17) is 18.9 Å². The number of aromatic carboxylic acids is 1. The summed E-state index contributed by atoms with van der Waals surface area (Å²) in [6.45, 7) is 5.69. The van der Waals surface area contributed by atoms with E-state index in [0.29, 0.717) is 67.9 Å². The minimum atomic E-state index is -3.78. The number of carboxylic acid groups (broad SMARTS) is 1. The van der Waals surface area contributed by atoms with E-state index in [2.05, 4.69) is 19.5 Å². The van der Waals surface area contributed by atoms with Crippen molar-refractivity contribution in [2.45, 2.75) is 38.8 Å². The number of aromatic nitrogens is 2. The molecule has 20 heteroatoms. The van der Waals surface area contributed by atoms with Gasteiger partial charge in [0.15, 0.2) is 0 Å². The van der Waals surface area contributed by atoms with Crippen LogP contribution in [-0.2, 0) is 42.7 Å². The first-order chi connectivity index (χ1) is 31.6. The fourth-order valence-electron chi connectivity index (χ4n) is 8.45. The molecule has 5 aromatic rings. The Bertz CT molecular complexity index is 2660. The minimum Gasteiger partial charge on any atom is -0.482 e. The highest BCUT2D eigenvalue weighted by atomic mass is 32.2. The number of rotatable bonds is 18. The predicted octanol–water partition coefficient (Wildman–Crippen LogP) is 5.25. The average Bonchev–Trinajstić information content (AvgIpc) is 3.84. The highest BCUT2D eigenvalue weighted by Gasteiger charge is 2.29. The van der Waals surface area contributed by atoms with Crippen molar-refractivity contribution in [1.82, 2.24) is 28.4 Å². The topological polar surface area (TPSA) is 219 Å². The van der Waals surface area contributed by atoms with Crippen LogP contribution in [0, 0.1) is 11.8 Å². The third kappa shape index (κ3) is 13.2. The Balaban J connectivity index is 0.000000229. The molecular formula is C46H60N6O12S2. The number of likely N-dealkylation sites (tertiary alicyclic amines) is 2. The number of hydrogen-bond acceptors (Lipinski definition) is 13. The summed E-state index contributed by atoms with van der Waals surface area (Å²) in [5.41, 5.74) is 3.05. The lowest BCUT2D eigenvalue weighted by Gasteiger charge is -2.32. The van der Waals surface area contributed by atoms with E-state index in [1.165, 1.54) is 20.5 Å². The van der Waals surface area contributed by atoms with Crippen molar-refractivity contribution < 1.29 is 55.3 Å². The van der Waals surface area contributed by atoms with Gasteiger partial charge in [-0.15, -0.1) is 0 Å². The zero-order valence-corrected chi connectivity index (χ0v) is 39.4. The van der Waals surface area contributed by atoms with Gasteiger partial charge in [0.2, 0.25) is 31.8 Å². The number of H-pyrrole nitrogens is 1. The van der Waals surface area contributed by atoms with Crippen LogP contribution in [0.5, 0.6) is 11.8 Å². The molecule has 0 aliphatic carbocycles. The average molecular weight is 953 g/mol. The lowest BCUT2D eigenvalue weighted by molar-refractivity contribution is 0.0369. The Hall–Kier alpha value is -5.67. The number of methoxy groups -OCH3 is 2. The first-order valence-electron chi connectivity index (χ1n) is 21.8. The third-order valence-electron chi connectivity index (χ3n) is 11.9. The number of nitrogens with one attached hydrogen (secondary N) is 2. The van der Waals surface area contributed by atoms with Crippen molar-refractivity contribution in [3.8, 4) is 11.8 Å². The first-order valence-corrected chi connectivity index (χ1v) is 25.6. The number of esters is 1. The second-order valence-electron chi connectivity index (χ2n) is 16.6. The Morgan fingerprint density at radius 3 is 1.98 bits per heavy atom. The summed E-state index contributed by atoms with van der Waals surface area (Å²) in [5, 5.41) is 11.1. The van der Waals surface area contributed by atoms with Crippen LogP contribution in [0.1, 0.15) is 52.0 Å². The Morgan fingerprint density at radius 2 is 1.36 bits per heavy atom. The Labute approximate surface area is 385 Å². The van der Waals surface area contributed by atoms with Gasteiger partial charge in [-0.1, -0.05) is 66.7 Å². The van der Waals surface area contributed by atoms with Crippen molar-refractivity contribution in [2.75, 3.05) is 85.7 Å². The third-order valence-corrected chi connectivity index (χ3v) is 13.8. The number of nitrogens with zero attached hydrogens (tertiary/aromatic N) is 4. The molecule has 1 amide bonds. The van der Waals surface area contributed by atoms with Gasteiger partial charge in [-0.05, 0) is 81.4 Å². The van der Waals surface area contributed by atoms with E-state index in [9.17, 15) is 36.3 Å². The van der Waals surface area contributed by atoms with Gasteiger partial charge in [0.05, 0.1) is 45.4 Å². The molecule has 0 saturated carbocycles. The van der Waals surface area contributed by atoms with E-state index in [0.717, 1.165) is 71.3 Å². The van der Waals surface area contributed by atoms with E-state index in [1.54, 1.807) is 12.1 Å². The van der Waals surface area contributed by atoms with Gasteiger partial charge in [0.1, 0.15) is 17.7 Å². The van der Waals surface area contributed by atoms with Gasteiger partial charge >= 0.3 is 18.0 Å². The number of carbonyl (C=O) groups is 3. The summed E-state index contributed by atoms with van der Waals surface area (Å²) in [4.78, 5) is 44.6. The standard InChI is InChI=1S/C27H33N3O7S.C19H27N3O5S/c1-35-25-24(22-10-6-7-11-23(22)28-25)26(31)36-18-21-12-14-29(15-13-21)16-17-30(38(2,33)34)27(32)37-19-20-8-4-3-5-9-20;1-27-18-17(19(23)24)15-5-3-4-6-16(15)22(18)13-14-7-10-21(11-8-14)12-9-20-28(2,25)26/h3-11,21,28H,12-19H2,1-2H3;3-6,14,20H,7-13H2,1-2H3,(H,23,24). The normalized spacial score (nSPS) is 15.5. The summed E-state index contributed by atoms with van der Waals surface area (Å²) in [6.07, 6.45) is 4.80. The van der Waals surface area contributed by atoms with Crippen molar-refractivity contribution in [2.24, 2.45) is 11.8 Å². The van der Waals surface area contributed by atoms with Gasteiger partial charge < -0.3 is 43.4 Å². The van der Waals surface area contributed by atoms with Gasteiger partial charge in [-0.2, -0.15) is 0 Å². The maximum absolute atomic E-state index is 12.8. The van der Waals surface area contributed by atoms with E-state index < -0.39 is 38.1 Å². The quantitative estimate of drug-likeness (QED) is 0.0956. The molecule has 7 rings (SSSR count). The smallest absolute Gasteiger partial charge is 0.423 e. The molecule has 66 heavy (non-hydrogen) atoms. The molecule has 2 aliphatic rings. The molecular weight excluding hydrogens is 893 g/mol. The second-order valence-corrected chi connectivity index (χ2v) is 20.3. The highest BCUT2D eigenvalue weighted by molar-refractivity contribution is 7.89. The Kier molecular flexibility index (Phi) is 17.1. The zero-order valence-electron chi connectivity index (χ0n) is 37.8. The molecule has 2 fully saturated rings. The maximum atomic E-state index is 12.8. The number of para-hydroxylation sites is 2. The van der Waals surface area contributed by atoms with Crippen molar-refractivity contribution in [3.05, 3.63) is 95.6 Å². The van der Waals surface area contributed by atoms with E-state index in [1.807, 2.05) is 71.3 Å². The SMILES string of the molecule is COc1[nH]c2ccccc2c1C(=O)OCC1CCN(CCN(C(=O)OCc2ccccc2)S(C)(=O)=O)CC1.COc1c(C(=O)O)c2ccccc2n1CC1CCN(CCNS(C)(=O)=O)CC1. The van der Waals surface area contributed by atoms with E-state index in [-0.39, 0.29) is 31.2 Å². The molecule has 358 valence electrons. The summed E-state index contributed by atoms with van der Waals surface area (Å²) in [6, 6.07) is 24.0. The molecule has 0 spiro atoms. The van der Waals surface area contributed by atoms with Crippen LogP contribution in [0.4, 0.5) is 4.79 Å². The lowest BCUT2D eigenvalue weighted by atomic mass is 9.96. The van der Waals surface area contributed by atoms with Crippen molar-refractivity contribution in [1.29, 1.82) is 0 Å². The summed E-state index contributed by atoms with van der Waals surface area (Å²) < 4.78 is 73.7. The van der Waals surface area contributed by atoms with Crippen molar-refractivity contribution >= 4 is 59.9 Å². The summed E-state index contributed by atoms with van der Waals surface area (Å²) in [7, 11) is -3.92. The summed E-state index contributed by atoms with van der Waals surface area (Å²) >= 11 is 0. The van der Waals surface area contributed by atoms with Gasteiger partial charge in [0.25, 0.3) is 0 Å². The van der Waals surface area contributed by atoms with Crippen LogP contribution in [0.2, 0.25) is 0 Å². The van der Waals surface area contributed by atoms with Crippen LogP contribution in [-0.4, -0.2) is 149 Å². The van der Waals surface area contributed by atoms with E-state index >= 15 is 0 Å². The van der Waals surface area contributed by atoms with Crippen LogP contribution < -0.4 is 14.2 Å². The molecule has 3 aromatic carbocycles. The number of carboxylic acids is 1. The van der Waals surface area contributed by atoms with Crippen LogP contribution in [0.15, 0.2) is 78.9 Å². The number of sulfonamides is 2. The van der Waals surface area contributed by atoms with Crippen molar-refractivity contribution in [3.63, 3.8) is 0 Å². The number of amides is 1. The van der Waals surface area contributed by atoms with Gasteiger partial charge in [-0.25, -0.2) is 40.2 Å². The molecule has 3 N–H and O–H groups in total. The first kappa shape index (κ1) is 49.8. The van der Waals surface area contributed by atoms with Gasteiger partial charge in [0, 0.05) is 42.5 Å².